The van der Waals surface area contributed by atoms with Crippen molar-refractivity contribution in [1.29, 1.82) is 0 Å². The fraction of sp³-hybridized carbons (Fsp3) is 0.625. The Morgan fingerprint density at radius 2 is 1.84 bits per heavy atom. The Kier molecular flexibility index (Phi) is 6.21. The van der Waals surface area contributed by atoms with Gasteiger partial charge in [0.25, 0.3) is 5.91 Å². The van der Waals surface area contributed by atoms with Crippen LogP contribution in [0.3, 0.4) is 0 Å². The number of imide groups is 1. The summed E-state index contributed by atoms with van der Waals surface area (Å²) in [6, 6.07) is 7.73. The van der Waals surface area contributed by atoms with Crippen LogP contribution in [0, 0.1) is 5.92 Å². The zero-order chi connectivity index (χ0) is 22.0. The van der Waals surface area contributed by atoms with Crippen LogP contribution in [0.1, 0.15) is 57.4 Å². The number of para-hydroxylation sites is 1. The van der Waals surface area contributed by atoms with Crippen molar-refractivity contribution in [1.82, 2.24) is 15.1 Å². The molecule has 1 N–H and O–H groups in total. The van der Waals surface area contributed by atoms with Crippen LogP contribution in [-0.4, -0.2) is 59.9 Å². The molecule has 1 aromatic carbocycles. The molecule has 0 bridgehead atoms. The van der Waals surface area contributed by atoms with E-state index in [4.69, 9.17) is 0 Å². The molecule has 0 radical (unpaired) electrons. The minimum Gasteiger partial charge on any atom is -0.371 e. The SMILES string of the molecule is CCC1CCC2(CC1)NC(=O)N(CC(=O)N(C)Cc1ccccc1N1CCCC1)C2=O. The molecule has 1 aromatic rings. The fourth-order valence-electron chi connectivity index (χ4n) is 5.25. The summed E-state index contributed by atoms with van der Waals surface area (Å²) in [6.45, 7) is 4.50. The van der Waals surface area contributed by atoms with Gasteiger partial charge in [0.15, 0.2) is 0 Å². The number of rotatable bonds is 6. The molecule has 0 unspecified atom stereocenters. The monoisotopic (exact) mass is 426 g/mol. The van der Waals surface area contributed by atoms with E-state index in [1.54, 1.807) is 11.9 Å². The van der Waals surface area contributed by atoms with Gasteiger partial charge in [0.1, 0.15) is 12.1 Å². The summed E-state index contributed by atoms with van der Waals surface area (Å²) in [6.07, 6.45) is 6.70. The minimum atomic E-state index is -0.802. The average molecular weight is 427 g/mol. The van der Waals surface area contributed by atoms with Gasteiger partial charge < -0.3 is 15.1 Å². The van der Waals surface area contributed by atoms with Crippen LogP contribution in [0.25, 0.3) is 0 Å². The van der Waals surface area contributed by atoms with Gasteiger partial charge in [-0.25, -0.2) is 4.79 Å². The zero-order valence-electron chi connectivity index (χ0n) is 18.7. The van der Waals surface area contributed by atoms with E-state index < -0.39 is 11.6 Å². The van der Waals surface area contributed by atoms with Crippen LogP contribution in [0.4, 0.5) is 10.5 Å². The number of benzene rings is 1. The number of anilines is 1. The molecule has 2 heterocycles. The third kappa shape index (κ3) is 4.27. The molecule has 31 heavy (non-hydrogen) atoms. The zero-order valence-corrected chi connectivity index (χ0v) is 18.7. The first kappa shape index (κ1) is 21.7. The topological polar surface area (TPSA) is 73.0 Å². The Morgan fingerprint density at radius 1 is 1.16 bits per heavy atom. The summed E-state index contributed by atoms with van der Waals surface area (Å²) >= 11 is 0. The van der Waals surface area contributed by atoms with Gasteiger partial charge in [-0.15, -0.1) is 0 Å². The molecule has 2 saturated heterocycles. The Bertz CT molecular complexity index is 841. The standard InChI is InChI=1S/C24H34N4O3/c1-3-18-10-12-24(13-11-18)22(30)28(23(31)25-24)17-21(29)26(2)16-19-8-4-5-9-20(19)27-14-6-7-15-27/h4-5,8-9,18H,3,6-7,10-17H2,1-2H3,(H,25,31). The number of hydrogen-bond donors (Lipinski definition) is 1. The molecule has 1 saturated carbocycles. The van der Waals surface area contributed by atoms with E-state index in [9.17, 15) is 14.4 Å². The normalized spacial score (nSPS) is 25.9. The smallest absolute Gasteiger partial charge is 0.325 e. The van der Waals surface area contributed by atoms with Crippen LogP contribution in [0.5, 0.6) is 0 Å². The highest BCUT2D eigenvalue weighted by Gasteiger charge is 2.52. The Balaban J connectivity index is 1.39. The fourth-order valence-corrected chi connectivity index (χ4v) is 5.25. The highest BCUT2D eigenvalue weighted by molar-refractivity contribution is 6.09. The summed E-state index contributed by atoms with van der Waals surface area (Å²) < 4.78 is 0. The lowest BCUT2D eigenvalue weighted by Crippen LogP contribution is -2.50. The average Bonchev–Trinajstić information content (AvgIpc) is 3.38. The molecule has 1 spiro atoms. The number of nitrogens with zero attached hydrogens (tertiary/aromatic N) is 3. The van der Waals surface area contributed by atoms with Crippen molar-refractivity contribution in [3.8, 4) is 0 Å². The van der Waals surface area contributed by atoms with Crippen LogP contribution in [0.2, 0.25) is 0 Å². The summed E-state index contributed by atoms with van der Waals surface area (Å²) in [7, 11) is 1.74. The van der Waals surface area contributed by atoms with Crippen molar-refractivity contribution in [2.45, 2.75) is 64.0 Å². The maximum absolute atomic E-state index is 13.1. The van der Waals surface area contributed by atoms with E-state index >= 15 is 0 Å². The quantitative estimate of drug-likeness (QED) is 0.710. The number of amides is 4. The van der Waals surface area contributed by atoms with Crippen LogP contribution < -0.4 is 10.2 Å². The lowest BCUT2D eigenvalue weighted by atomic mass is 9.75. The largest absolute Gasteiger partial charge is 0.371 e. The van der Waals surface area contributed by atoms with Crippen molar-refractivity contribution in [3.63, 3.8) is 0 Å². The van der Waals surface area contributed by atoms with Crippen molar-refractivity contribution in [3.05, 3.63) is 29.8 Å². The molecule has 0 atom stereocenters. The predicted octanol–water partition coefficient (Wildman–Crippen LogP) is 3.14. The second kappa shape index (κ2) is 8.89. The van der Waals surface area contributed by atoms with Crippen molar-refractivity contribution >= 4 is 23.5 Å². The number of likely N-dealkylation sites (N-methyl/N-ethyl adjacent to an activating group) is 1. The van der Waals surface area contributed by atoms with E-state index in [1.165, 1.54) is 18.5 Å². The molecule has 168 valence electrons. The predicted molar refractivity (Wildman–Crippen MR) is 120 cm³/mol. The molecule has 4 rings (SSSR count). The first-order valence-corrected chi connectivity index (χ1v) is 11.6. The number of carbonyl (C=O) groups is 3. The summed E-state index contributed by atoms with van der Waals surface area (Å²) in [4.78, 5) is 43.7. The van der Waals surface area contributed by atoms with E-state index in [2.05, 4.69) is 23.2 Å². The molecule has 1 aliphatic carbocycles. The van der Waals surface area contributed by atoms with E-state index in [-0.39, 0.29) is 18.4 Å². The molecular formula is C24H34N4O3. The van der Waals surface area contributed by atoms with Crippen molar-refractivity contribution in [2.24, 2.45) is 5.92 Å². The molecule has 3 fully saturated rings. The number of urea groups is 1. The second-order valence-electron chi connectivity index (χ2n) is 9.33. The third-order valence-electron chi connectivity index (χ3n) is 7.35. The van der Waals surface area contributed by atoms with Gasteiger partial charge in [0.2, 0.25) is 5.91 Å². The first-order chi connectivity index (χ1) is 14.9. The lowest BCUT2D eigenvalue weighted by molar-refractivity contribution is -0.139. The molecular weight excluding hydrogens is 392 g/mol. The highest BCUT2D eigenvalue weighted by Crippen LogP contribution is 2.37. The Hall–Kier alpha value is -2.57. The number of carbonyl (C=O) groups excluding carboxylic acids is 3. The van der Waals surface area contributed by atoms with E-state index in [0.29, 0.717) is 25.3 Å². The summed E-state index contributed by atoms with van der Waals surface area (Å²) in [5.74, 6) is 0.165. The van der Waals surface area contributed by atoms with Crippen LogP contribution >= 0.6 is 0 Å². The maximum atomic E-state index is 13.1. The maximum Gasteiger partial charge on any atom is 0.325 e. The highest BCUT2D eigenvalue weighted by atomic mass is 16.2. The number of hydrogen-bond acceptors (Lipinski definition) is 4. The van der Waals surface area contributed by atoms with Gasteiger partial charge in [-0.1, -0.05) is 31.5 Å². The molecule has 7 heteroatoms. The summed E-state index contributed by atoms with van der Waals surface area (Å²) in [5, 5.41) is 2.91. The van der Waals surface area contributed by atoms with Gasteiger partial charge in [-0.2, -0.15) is 0 Å². The first-order valence-electron chi connectivity index (χ1n) is 11.6. The number of nitrogens with one attached hydrogen (secondary N) is 1. The van der Waals surface area contributed by atoms with Gasteiger partial charge in [0.05, 0.1) is 0 Å². The summed E-state index contributed by atoms with van der Waals surface area (Å²) in [5.41, 5.74) is 1.46. The van der Waals surface area contributed by atoms with Gasteiger partial charge in [0, 0.05) is 32.4 Å². The van der Waals surface area contributed by atoms with Crippen molar-refractivity contribution < 1.29 is 14.4 Å². The van der Waals surface area contributed by atoms with Crippen LogP contribution in [-0.2, 0) is 16.1 Å². The second-order valence-corrected chi connectivity index (χ2v) is 9.33. The molecule has 2 aliphatic heterocycles. The van der Waals surface area contributed by atoms with Crippen molar-refractivity contribution in [2.75, 3.05) is 31.6 Å². The molecule has 3 aliphatic rings. The molecule has 4 amide bonds. The van der Waals surface area contributed by atoms with Gasteiger partial charge in [-0.3, -0.25) is 14.5 Å². The molecule has 0 aromatic heterocycles. The third-order valence-corrected chi connectivity index (χ3v) is 7.35. The van der Waals surface area contributed by atoms with Gasteiger partial charge in [-0.05, 0) is 56.1 Å². The Labute approximate surface area is 184 Å². The minimum absolute atomic E-state index is 0.202. The van der Waals surface area contributed by atoms with Crippen LogP contribution in [0.15, 0.2) is 24.3 Å². The van der Waals surface area contributed by atoms with Gasteiger partial charge >= 0.3 is 6.03 Å². The van der Waals surface area contributed by atoms with E-state index in [0.717, 1.165) is 42.8 Å². The lowest BCUT2D eigenvalue weighted by Gasteiger charge is -2.34. The molecule has 7 nitrogen and oxygen atoms in total. The van der Waals surface area contributed by atoms with E-state index in [1.807, 2.05) is 18.2 Å². The Morgan fingerprint density at radius 3 is 2.52 bits per heavy atom.